The molecule has 3 aliphatic heterocycles. The van der Waals surface area contributed by atoms with Crippen molar-refractivity contribution in [3.8, 4) is 5.75 Å². The number of rotatable bonds is 13. The van der Waals surface area contributed by atoms with Gasteiger partial charge in [0.2, 0.25) is 18.0 Å². The van der Waals surface area contributed by atoms with E-state index in [9.17, 15) is 28.0 Å². The fourth-order valence-corrected chi connectivity index (χ4v) is 6.56. The van der Waals surface area contributed by atoms with Crippen molar-refractivity contribution in [2.24, 2.45) is 5.16 Å². The van der Waals surface area contributed by atoms with Gasteiger partial charge in [-0.05, 0) is 39.2 Å². The Labute approximate surface area is 277 Å². The number of hydrogen-bond donors (Lipinski definition) is 1. The molecule has 1 aromatic heterocycles. The summed E-state index contributed by atoms with van der Waals surface area (Å²) in [5.74, 6) is -3.50. The minimum Gasteiger partial charge on any atom is -0.451 e. The summed E-state index contributed by atoms with van der Waals surface area (Å²) in [7, 11) is 0. The normalized spacial score (nSPS) is 21.2. The molecule has 2 amide bonds. The second-order valence-electron chi connectivity index (χ2n) is 12.7. The monoisotopic (exact) mass is 672 g/mol. The summed E-state index contributed by atoms with van der Waals surface area (Å²) >= 11 is 0. The average Bonchev–Trinajstić information content (AvgIpc) is 3.39. The number of hydrogen-bond acceptors (Lipinski definition) is 9. The van der Waals surface area contributed by atoms with Crippen LogP contribution in [0.2, 0.25) is 0 Å². The molecule has 260 valence electrons. The molecule has 0 unspecified atom stereocenters. The smallest absolute Gasteiger partial charge is 0.451 e. The predicted octanol–water partition coefficient (Wildman–Crippen LogP) is 5.62. The molecule has 48 heavy (non-hydrogen) atoms. The number of carbonyl (C=O) groups is 3. The Morgan fingerprint density at radius 1 is 1.12 bits per heavy atom. The Morgan fingerprint density at radius 2 is 1.90 bits per heavy atom. The van der Waals surface area contributed by atoms with Gasteiger partial charge in [0.25, 0.3) is 11.8 Å². The fourth-order valence-electron chi connectivity index (χ4n) is 6.56. The van der Waals surface area contributed by atoms with Gasteiger partial charge in [-0.15, -0.1) is 0 Å². The zero-order valence-corrected chi connectivity index (χ0v) is 27.5. The summed E-state index contributed by atoms with van der Waals surface area (Å²) in [5.41, 5.74) is -1.55. The minimum atomic E-state index is -1.00. The third-order valence-electron chi connectivity index (χ3n) is 9.22. The summed E-state index contributed by atoms with van der Waals surface area (Å²) in [6.07, 6.45) is 7.91. The standard InChI is InChI=1S/C34H42F2N4O8/c1-4-5-6-7-8-9-14-45-33(44)47-20-46-30-28-32(43)39-19-27(34(13-12-22(39)3)16-21(2)38-48-34)40(28)18-25(29(30)41)31(42)37-17-23-10-11-24(35)15-26(23)36/h10-11,15,18,22,27H,4-9,12-14,16-17,19-20H2,1-3H3,(H,37,42)/t22-,27+,34-/m0/s1. The first-order valence-corrected chi connectivity index (χ1v) is 16.5. The van der Waals surface area contributed by atoms with Crippen molar-refractivity contribution in [1.29, 1.82) is 0 Å². The van der Waals surface area contributed by atoms with E-state index in [-0.39, 0.29) is 37.0 Å². The number of amides is 2. The third kappa shape index (κ3) is 7.47. The minimum absolute atomic E-state index is 0.00154. The second kappa shape index (κ2) is 15.2. The van der Waals surface area contributed by atoms with E-state index in [4.69, 9.17) is 19.0 Å². The van der Waals surface area contributed by atoms with E-state index >= 15 is 0 Å². The molecule has 1 fully saturated rings. The molecule has 1 spiro atoms. The number of fused-ring (bicyclic) bond motifs is 5. The van der Waals surface area contributed by atoms with Gasteiger partial charge in [-0.2, -0.15) is 0 Å². The molecule has 0 aliphatic carbocycles. The summed E-state index contributed by atoms with van der Waals surface area (Å²) in [6.45, 7) is 5.15. The van der Waals surface area contributed by atoms with Crippen LogP contribution < -0.4 is 15.5 Å². The molecule has 5 rings (SSSR count). The van der Waals surface area contributed by atoms with E-state index in [1.54, 1.807) is 4.90 Å². The van der Waals surface area contributed by atoms with Crippen LogP contribution in [0.3, 0.4) is 0 Å². The maximum absolute atomic E-state index is 14.3. The second-order valence-corrected chi connectivity index (χ2v) is 12.7. The number of pyridine rings is 1. The zero-order valence-electron chi connectivity index (χ0n) is 27.5. The molecule has 1 N–H and O–H groups in total. The summed E-state index contributed by atoms with van der Waals surface area (Å²) in [5, 5.41) is 6.70. The Balaban J connectivity index is 1.42. The van der Waals surface area contributed by atoms with Crippen molar-refractivity contribution in [2.75, 3.05) is 19.9 Å². The van der Waals surface area contributed by atoms with Crippen molar-refractivity contribution in [1.82, 2.24) is 14.8 Å². The number of aromatic nitrogens is 1. The van der Waals surface area contributed by atoms with Gasteiger partial charge in [-0.25, -0.2) is 13.6 Å². The van der Waals surface area contributed by atoms with Crippen LogP contribution in [-0.2, 0) is 20.9 Å². The molecule has 0 radical (unpaired) electrons. The molecule has 2 aromatic rings. The van der Waals surface area contributed by atoms with Gasteiger partial charge in [0.15, 0.2) is 11.3 Å². The highest BCUT2D eigenvalue weighted by Crippen LogP contribution is 2.46. The molecule has 14 heteroatoms. The number of nitrogens with one attached hydrogen (secondary N) is 1. The number of carbonyl (C=O) groups excluding carboxylic acids is 3. The highest BCUT2D eigenvalue weighted by molar-refractivity contribution is 5.99. The van der Waals surface area contributed by atoms with Gasteiger partial charge < -0.3 is 33.8 Å². The molecule has 1 saturated heterocycles. The van der Waals surface area contributed by atoms with Crippen LogP contribution in [0.1, 0.15) is 111 Å². The molecule has 4 heterocycles. The third-order valence-corrected chi connectivity index (χ3v) is 9.22. The van der Waals surface area contributed by atoms with Crippen molar-refractivity contribution in [3.05, 3.63) is 63.1 Å². The summed E-state index contributed by atoms with van der Waals surface area (Å²) in [4.78, 5) is 61.3. The number of benzene rings is 1. The Kier molecular flexibility index (Phi) is 11.0. The molecule has 3 aliphatic rings. The van der Waals surface area contributed by atoms with Gasteiger partial charge in [-0.3, -0.25) is 14.4 Å². The Hall–Kier alpha value is -4.49. The first kappa shape index (κ1) is 34.8. The molecule has 2 bridgehead atoms. The maximum atomic E-state index is 14.3. The number of ether oxygens (including phenoxy) is 3. The number of oxime groups is 1. The van der Waals surface area contributed by atoms with Crippen LogP contribution in [0, 0.1) is 11.6 Å². The first-order chi connectivity index (χ1) is 23.0. The zero-order chi connectivity index (χ0) is 34.4. The fraction of sp³-hybridized carbons (Fsp3) is 0.559. The van der Waals surface area contributed by atoms with Crippen LogP contribution in [0.15, 0.2) is 34.3 Å². The van der Waals surface area contributed by atoms with Gasteiger partial charge >= 0.3 is 6.16 Å². The van der Waals surface area contributed by atoms with Crippen molar-refractivity contribution >= 4 is 23.7 Å². The molecule has 12 nitrogen and oxygen atoms in total. The summed E-state index contributed by atoms with van der Waals surface area (Å²) < 4.78 is 45.1. The van der Waals surface area contributed by atoms with Gasteiger partial charge in [0.05, 0.1) is 18.4 Å². The van der Waals surface area contributed by atoms with Crippen LogP contribution in [-0.4, -0.2) is 64.7 Å². The van der Waals surface area contributed by atoms with E-state index in [1.807, 2.05) is 13.8 Å². The average molecular weight is 673 g/mol. The largest absolute Gasteiger partial charge is 0.511 e. The van der Waals surface area contributed by atoms with Crippen LogP contribution in [0.4, 0.5) is 13.6 Å². The molecule has 1 aromatic carbocycles. The highest BCUT2D eigenvalue weighted by Gasteiger charge is 2.54. The van der Waals surface area contributed by atoms with Gasteiger partial charge in [0, 0.05) is 43.4 Å². The van der Waals surface area contributed by atoms with E-state index < -0.39 is 64.8 Å². The van der Waals surface area contributed by atoms with Crippen LogP contribution >= 0.6 is 0 Å². The molecule has 0 saturated carbocycles. The van der Waals surface area contributed by atoms with Crippen molar-refractivity contribution in [2.45, 2.75) is 103 Å². The van der Waals surface area contributed by atoms with Crippen molar-refractivity contribution < 1.29 is 42.2 Å². The first-order valence-electron chi connectivity index (χ1n) is 16.5. The van der Waals surface area contributed by atoms with E-state index in [2.05, 4.69) is 17.4 Å². The van der Waals surface area contributed by atoms with Crippen LogP contribution in [0.25, 0.3) is 0 Å². The SMILES string of the molecule is CCCCCCCCOC(=O)OCOc1c2n(cc(C(=O)NCc3ccc(F)cc3F)c1=O)[C@@H]1CN(C2=O)[C@@H](C)CC[C@]12CC(C)=NO2. The lowest BCUT2D eigenvalue weighted by Crippen LogP contribution is -2.52. The lowest BCUT2D eigenvalue weighted by molar-refractivity contribution is -0.0658. The lowest BCUT2D eigenvalue weighted by Gasteiger charge is -2.42. The molecular formula is C34H42F2N4O8. The topological polar surface area (TPSA) is 138 Å². The van der Waals surface area contributed by atoms with Crippen molar-refractivity contribution in [3.63, 3.8) is 0 Å². The Morgan fingerprint density at radius 3 is 2.62 bits per heavy atom. The maximum Gasteiger partial charge on any atom is 0.511 e. The van der Waals surface area contributed by atoms with Gasteiger partial charge in [-0.1, -0.05) is 50.2 Å². The predicted molar refractivity (Wildman–Crippen MR) is 170 cm³/mol. The molecule has 3 atom stereocenters. The van der Waals surface area contributed by atoms with E-state index in [0.29, 0.717) is 31.7 Å². The Bertz CT molecular complexity index is 1630. The number of halogens is 2. The quantitative estimate of drug-likeness (QED) is 0.165. The highest BCUT2D eigenvalue weighted by atomic mass is 19.1. The number of unbranched alkanes of at least 4 members (excludes halogenated alkanes) is 5. The van der Waals surface area contributed by atoms with Crippen LogP contribution in [0.5, 0.6) is 5.75 Å². The van der Waals surface area contributed by atoms with E-state index in [0.717, 1.165) is 43.9 Å². The lowest BCUT2D eigenvalue weighted by atomic mass is 9.84. The molecular weight excluding hydrogens is 630 g/mol. The van der Waals surface area contributed by atoms with E-state index in [1.165, 1.54) is 16.8 Å². The summed E-state index contributed by atoms with van der Waals surface area (Å²) in [6, 6.07) is 2.16. The van der Waals surface area contributed by atoms with Gasteiger partial charge in [0.1, 0.15) is 17.2 Å². The number of nitrogens with zero attached hydrogens (tertiary/aromatic N) is 3.